The molecule has 0 N–H and O–H groups in total. The zero-order chi connectivity index (χ0) is 14.0. The van der Waals surface area contributed by atoms with E-state index in [4.69, 9.17) is 4.74 Å². The summed E-state index contributed by atoms with van der Waals surface area (Å²) in [5.41, 5.74) is 0.633. The third-order valence-corrected chi connectivity index (χ3v) is 3.77. The van der Waals surface area contributed by atoms with Crippen LogP contribution in [0.1, 0.15) is 16.8 Å². The average molecular weight is 266 g/mol. The van der Waals surface area contributed by atoms with E-state index in [1.54, 1.807) is 29.1 Å². The maximum absolute atomic E-state index is 12.2. The van der Waals surface area contributed by atoms with Crippen LogP contribution in [0.4, 0.5) is 0 Å². The molecule has 1 aromatic rings. The number of carbonyl (C=O) groups is 1. The zero-order valence-corrected chi connectivity index (χ0v) is 12.0. The SMILES string of the molecule is CO[C@H]1C[C@@H](CN(C)C(=O)c2cnn(C)c2)N(C)C1. The summed E-state index contributed by atoms with van der Waals surface area (Å²) in [4.78, 5) is 16.2. The Morgan fingerprint density at radius 3 is 2.84 bits per heavy atom. The molecular weight excluding hydrogens is 244 g/mol. The molecule has 0 bridgehead atoms. The Bertz CT molecular complexity index is 446. The maximum Gasteiger partial charge on any atom is 0.256 e. The predicted octanol–water partition coefficient (Wildman–Crippen LogP) is 0.211. The van der Waals surface area contributed by atoms with Gasteiger partial charge in [0.05, 0.1) is 17.9 Å². The molecule has 1 aliphatic heterocycles. The molecule has 19 heavy (non-hydrogen) atoms. The minimum atomic E-state index is 0.0161. The van der Waals surface area contributed by atoms with E-state index in [2.05, 4.69) is 17.0 Å². The van der Waals surface area contributed by atoms with Crippen molar-refractivity contribution < 1.29 is 9.53 Å². The lowest BCUT2D eigenvalue weighted by Crippen LogP contribution is -2.39. The molecule has 0 aliphatic carbocycles. The predicted molar refractivity (Wildman–Crippen MR) is 72.0 cm³/mol. The van der Waals surface area contributed by atoms with Gasteiger partial charge in [-0.05, 0) is 13.5 Å². The molecule has 106 valence electrons. The van der Waals surface area contributed by atoms with Crippen molar-refractivity contribution in [2.24, 2.45) is 7.05 Å². The van der Waals surface area contributed by atoms with Crippen LogP contribution in [-0.2, 0) is 11.8 Å². The number of methoxy groups -OCH3 is 1. The van der Waals surface area contributed by atoms with Gasteiger partial charge in [-0.3, -0.25) is 14.4 Å². The number of rotatable bonds is 4. The standard InChI is InChI=1S/C13H22N4O2/c1-15-9-12(19-4)5-11(15)8-16(2)13(18)10-6-14-17(3)7-10/h6-7,11-12H,5,8-9H2,1-4H3/t11-,12-/m0/s1. The summed E-state index contributed by atoms with van der Waals surface area (Å²) in [5.74, 6) is 0.0161. The van der Waals surface area contributed by atoms with Crippen molar-refractivity contribution in [1.82, 2.24) is 19.6 Å². The molecule has 2 rings (SSSR count). The number of amides is 1. The summed E-state index contributed by atoms with van der Waals surface area (Å²) in [6, 6.07) is 0.357. The zero-order valence-electron chi connectivity index (χ0n) is 12.0. The van der Waals surface area contributed by atoms with Crippen molar-refractivity contribution in [2.45, 2.75) is 18.6 Å². The first-order valence-electron chi connectivity index (χ1n) is 6.48. The summed E-state index contributed by atoms with van der Waals surface area (Å²) in [6.07, 6.45) is 4.60. The van der Waals surface area contributed by atoms with Gasteiger partial charge in [-0.1, -0.05) is 0 Å². The van der Waals surface area contributed by atoms with E-state index in [1.807, 2.05) is 14.1 Å². The molecule has 6 heteroatoms. The van der Waals surface area contributed by atoms with Gasteiger partial charge in [-0.15, -0.1) is 0 Å². The molecule has 1 saturated heterocycles. The van der Waals surface area contributed by atoms with Crippen LogP contribution in [-0.4, -0.2) is 71.9 Å². The van der Waals surface area contributed by atoms with Crippen LogP contribution in [0.5, 0.6) is 0 Å². The highest BCUT2D eigenvalue weighted by Gasteiger charge is 2.31. The van der Waals surface area contributed by atoms with Crippen LogP contribution in [0.15, 0.2) is 12.4 Å². The Morgan fingerprint density at radius 2 is 2.32 bits per heavy atom. The number of likely N-dealkylation sites (N-methyl/N-ethyl adjacent to an activating group) is 2. The van der Waals surface area contributed by atoms with E-state index in [-0.39, 0.29) is 12.0 Å². The molecule has 0 radical (unpaired) electrons. The van der Waals surface area contributed by atoms with E-state index in [0.717, 1.165) is 13.0 Å². The second-order valence-electron chi connectivity index (χ2n) is 5.28. The fraction of sp³-hybridized carbons (Fsp3) is 0.692. The van der Waals surface area contributed by atoms with Crippen LogP contribution in [0.3, 0.4) is 0 Å². The monoisotopic (exact) mass is 266 g/mol. The van der Waals surface area contributed by atoms with Crippen molar-refractivity contribution in [1.29, 1.82) is 0 Å². The average Bonchev–Trinajstić information content (AvgIpc) is 2.95. The minimum absolute atomic E-state index is 0.0161. The van der Waals surface area contributed by atoms with E-state index in [0.29, 0.717) is 18.2 Å². The molecular formula is C13H22N4O2. The van der Waals surface area contributed by atoms with Crippen molar-refractivity contribution in [2.75, 3.05) is 34.3 Å². The lowest BCUT2D eigenvalue weighted by atomic mass is 10.2. The molecule has 1 aromatic heterocycles. The quantitative estimate of drug-likeness (QED) is 0.782. The number of hydrogen-bond donors (Lipinski definition) is 0. The van der Waals surface area contributed by atoms with Gasteiger partial charge in [0.2, 0.25) is 0 Å². The van der Waals surface area contributed by atoms with E-state index < -0.39 is 0 Å². The summed E-state index contributed by atoms with van der Waals surface area (Å²) in [7, 11) is 7.46. The van der Waals surface area contributed by atoms with Gasteiger partial charge >= 0.3 is 0 Å². The van der Waals surface area contributed by atoms with E-state index in [1.165, 1.54) is 0 Å². The molecule has 0 saturated carbocycles. The van der Waals surface area contributed by atoms with Crippen molar-refractivity contribution in [3.05, 3.63) is 18.0 Å². The van der Waals surface area contributed by atoms with Crippen molar-refractivity contribution in [3.63, 3.8) is 0 Å². The molecule has 0 spiro atoms. The fourth-order valence-corrected chi connectivity index (χ4v) is 2.56. The third kappa shape index (κ3) is 3.13. The smallest absolute Gasteiger partial charge is 0.256 e. The Labute approximate surface area is 113 Å². The van der Waals surface area contributed by atoms with E-state index in [9.17, 15) is 4.79 Å². The lowest BCUT2D eigenvalue weighted by Gasteiger charge is -2.25. The normalized spacial score (nSPS) is 23.8. The van der Waals surface area contributed by atoms with Crippen LogP contribution >= 0.6 is 0 Å². The van der Waals surface area contributed by atoms with Crippen molar-refractivity contribution >= 4 is 5.91 Å². The molecule has 0 unspecified atom stereocenters. The van der Waals surface area contributed by atoms with Crippen LogP contribution in [0.2, 0.25) is 0 Å². The number of hydrogen-bond acceptors (Lipinski definition) is 4. The highest BCUT2D eigenvalue weighted by molar-refractivity contribution is 5.93. The first-order valence-corrected chi connectivity index (χ1v) is 6.48. The van der Waals surface area contributed by atoms with Gasteiger partial charge in [0.15, 0.2) is 0 Å². The Hall–Kier alpha value is -1.40. The number of carbonyl (C=O) groups excluding carboxylic acids is 1. The molecule has 0 aromatic carbocycles. The van der Waals surface area contributed by atoms with Gasteiger partial charge in [-0.25, -0.2) is 0 Å². The Kier molecular flexibility index (Phi) is 4.21. The number of aromatic nitrogens is 2. The highest BCUT2D eigenvalue weighted by atomic mass is 16.5. The van der Waals surface area contributed by atoms with Crippen LogP contribution in [0, 0.1) is 0 Å². The largest absolute Gasteiger partial charge is 0.380 e. The molecule has 1 fully saturated rings. The first kappa shape index (κ1) is 14.0. The second kappa shape index (κ2) is 5.71. The van der Waals surface area contributed by atoms with Gasteiger partial charge < -0.3 is 9.64 Å². The summed E-state index contributed by atoms with van der Waals surface area (Å²) >= 11 is 0. The van der Waals surface area contributed by atoms with Gasteiger partial charge in [-0.2, -0.15) is 5.10 Å². The Morgan fingerprint density at radius 1 is 1.58 bits per heavy atom. The summed E-state index contributed by atoms with van der Waals surface area (Å²) in [6.45, 7) is 1.64. The molecule has 6 nitrogen and oxygen atoms in total. The summed E-state index contributed by atoms with van der Waals surface area (Å²) in [5, 5.41) is 4.03. The molecule has 1 amide bonds. The lowest BCUT2D eigenvalue weighted by molar-refractivity contribution is 0.0760. The third-order valence-electron chi connectivity index (χ3n) is 3.77. The van der Waals surface area contributed by atoms with Crippen molar-refractivity contribution in [3.8, 4) is 0 Å². The summed E-state index contributed by atoms with van der Waals surface area (Å²) < 4.78 is 7.03. The van der Waals surface area contributed by atoms with Crippen LogP contribution < -0.4 is 0 Å². The highest BCUT2D eigenvalue weighted by Crippen LogP contribution is 2.19. The molecule has 1 aliphatic rings. The molecule has 2 heterocycles. The maximum atomic E-state index is 12.2. The number of nitrogens with zero attached hydrogens (tertiary/aromatic N) is 4. The van der Waals surface area contributed by atoms with E-state index >= 15 is 0 Å². The second-order valence-corrected chi connectivity index (χ2v) is 5.28. The minimum Gasteiger partial charge on any atom is -0.380 e. The molecule has 2 atom stereocenters. The van der Waals surface area contributed by atoms with Gasteiger partial charge in [0, 0.05) is 46.5 Å². The number of aryl methyl sites for hydroxylation is 1. The van der Waals surface area contributed by atoms with Gasteiger partial charge in [0.25, 0.3) is 5.91 Å². The fourth-order valence-electron chi connectivity index (χ4n) is 2.56. The van der Waals surface area contributed by atoms with Crippen LogP contribution in [0.25, 0.3) is 0 Å². The first-order chi connectivity index (χ1) is 9.01. The number of ether oxygens (including phenoxy) is 1. The number of likely N-dealkylation sites (tertiary alicyclic amines) is 1. The van der Waals surface area contributed by atoms with Gasteiger partial charge in [0.1, 0.15) is 0 Å². The Balaban J connectivity index is 1.94. The topological polar surface area (TPSA) is 50.6 Å².